The molecule has 1 aliphatic heterocycles. The zero-order valence-electron chi connectivity index (χ0n) is 20.6. The van der Waals surface area contributed by atoms with Crippen LogP contribution in [0.5, 0.6) is 11.5 Å². The van der Waals surface area contributed by atoms with E-state index in [2.05, 4.69) is 20.8 Å². The fourth-order valence-electron chi connectivity index (χ4n) is 4.41. The van der Waals surface area contributed by atoms with Crippen LogP contribution in [0, 0.1) is 0 Å². The summed E-state index contributed by atoms with van der Waals surface area (Å²) in [5.74, 6) is 0.260. The molecule has 0 unspecified atom stereocenters. The Bertz CT molecular complexity index is 1160. The second-order valence-corrected chi connectivity index (χ2v) is 11.6. The highest BCUT2D eigenvalue weighted by Crippen LogP contribution is 2.38. The first kappa shape index (κ1) is 25.5. The van der Waals surface area contributed by atoms with Crippen LogP contribution in [0.15, 0.2) is 47.4 Å². The largest absolute Gasteiger partial charge is 0.493 e. The number of rotatable bonds is 5. The van der Waals surface area contributed by atoms with Gasteiger partial charge in [-0.15, -0.1) is 0 Å². The van der Waals surface area contributed by atoms with E-state index in [0.717, 1.165) is 36.8 Å². The highest BCUT2D eigenvalue weighted by atomic mass is 32.2. The van der Waals surface area contributed by atoms with Crippen molar-refractivity contribution in [3.8, 4) is 11.5 Å². The van der Waals surface area contributed by atoms with Crippen molar-refractivity contribution in [1.29, 1.82) is 0 Å². The highest BCUT2D eigenvalue weighted by Gasteiger charge is 2.37. The fraction of sp³-hybridized carbons (Fsp3) is 0.393. The lowest BCUT2D eigenvalue weighted by Gasteiger charge is -2.29. The van der Waals surface area contributed by atoms with E-state index in [4.69, 9.17) is 21.7 Å². The lowest BCUT2D eigenvalue weighted by atomic mass is 9.87. The Kier molecular flexibility index (Phi) is 7.67. The van der Waals surface area contributed by atoms with Gasteiger partial charge in [0.2, 0.25) is 0 Å². The molecule has 2 aromatic carbocycles. The minimum atomic E-state index is -0.454. The number of carbonyl (C=O) groups is 2. The molecule has 5 nitrogen and oxygen atoms in total. The standard InChI is InChI=1S/C28H31NO4S2/c1-28(2,3)20-13-11-19(12-14-20)26(31)33-22-15-10-18(16-23(22)32-4)17-24-25(30)29(27(34)35-24)21-8-6-5-7-9-21/h10-17,21H,5-9H2,1-4H3. The van der Waals surface area contributed by atoms with Gasteiger partial charge >= 0.3 is 5.97 Å². The number of amides is 1. The first-order chi connectivity index (χ1) is 16.7. The van der Waals surface area contributed by atoms with Gasteiger partial charge in [0.05, 0.1) is 17.6 Å². The molecule has 7 heteroatoms. The predicted octanol–water partition coefficient (Wildman–Crippen LogP) is 6.75. The van der Waals surface area contributed by atoms with Crippen LogP contribution in [-0.2, 0) is 10.2 Å². The molecular formula is C28H31NO4S2. The summed E-state index contributed by atoms with van der Waals surface area (Å²) in [6.07, 6.45) is 7.33. The van der Waals surface area contributed by atoms with Gasteiger partial charge in [0.15, 0.2) is 11.5 Å². The lowest BCUT2D eigenvalue weighted by Crippen LogP contribution is -2.39. The molecule has 35 heavy (non-hydrogen) atoms. The van der Waals surface area contributed by atoms with Crippen LogP contribution in [0.3, 0.4) is 0 Å². The van der Waals surface area contributed by atoms with Crippen molar-refractivity contribution in [3.63, 3.8) is 0 Å². The Labute approximate surface area is 216 Å². The fourth-order valence-corrected chi connectivity index (χ4v) is 5.81. The number of esters is 1. The second kappa shape index (κ2) is 10.5. The summed E-state index contributed by atoms with van der Waals surface area (Å²) >= 11 is 6.87. The Morgan fingerprint density at radius 1 is 1.06 bits per heavy atom. The van der Waals surface area contributed by atoms with Gasteiger partial charge in [-0.05, 0) is 59.7 Å². The van der Waals surface area contributed by atoms with Crippen LogP contribution < -0.4 is 9.47 Å². The number of methoxy groups -OCH3 is 1. The number of hydrogen-bond acceptors (Lipinski definition) is 6. The van der Waals surface area contributed by atoms with Crippen molar-refractivity contribution in [2.75, 3.05) is 7.11 Å². The van der Waals surface area contributed by atoms with Gasteiger partial charge in [-0.25, -0.2) is 4.79 Å². The van der Waals surface area contributed by atoms with Crippen molar-refractivity contribution < 1.29 is 19.1 Å². The van der Waals surface area contributed by atoms with E-state index in [0.29, 0.717) is 26.3 Å². The summed E-state index contributed by atoms with van der Waals surface area (Å²) in [5.41, 5.74) is 2.40. The van der Waals surface area contributed by atoms with Gasteiger partial charge in [-0.1, -0.05) is 82.2 Å². The quantitative estimate of drug-likeness (QED) is 0.192. The third-order valence-corrected chi connectivity index (χ3v) is 7.77. The van der Waals surface area contributed by atoms with Crippen molar-refractivity contribution in [2.45, 2.75) is 64.3 Å². The number of thioether (sulfide) groups is 1. The molecule has 0 atom stereocenters. The molecule has 1 saturated carbocycles. The third kappa shape index (κ3) is 5.78. The van der Waals surface area contributed by atoms with E-state index in [1.807, 2.05) is 18.2 Å². The van der Waals surface area contributed by atoms with E-state index >= 15 is 0 Å². The monoisotopic (exact) mass is 509 g/mol. The van der Waals surface area contributed by atoms with E-state index in [1.54, 1.807) is 35.2 Å². The molecule has 2 aromatic rings. The number of nitrogens with zero attached hydrogens (tertiary/aromatic N) is 1. The average Bonchev–Trinajstić information content (AvgIpc) is 3.12. The maximum absolute atomic E-state index is 13.1. The first-order valence-corrected chi connectivity index (χ1v) is 13.2. The molecule has 0 N–H and O–H groups in total. The molecule has 0 aromatic heterocycles. The van der Waals surface area contributed by atoms with Crippen LogP contribution in [-0.4, -0.2) is 34.2 Å². The van der Waals surface area contributed by atoms with Gasteiger partial charge in [0.1, 0.15) is 4.32 Å². The summed E-state index contributed by atoms with van der Waals surface area (Å²) in [6, 6.07) is 12.9. The lowest BCUT2D eigenvalue weighted by molar-refractivity contribution is -0.124. The molecule has 1 saturated heterocycles. The summed E-state index contributed by atoms with van der Waals surface area (Å²) in [7, 11) is 1.52. The number of ether oxygens (including phenoxy) is 2. The molecule has 1 aliphatic carbocycles. The Morgan fingerprint density at radius 2 is 1.74 bits per heavy atom. The van der Waals surface area contributed by atoms with Crippen LogP contribution in [0.4, 0.5) is 0 Å². The summed E-state index contributed by atoms with van der Waals surface area (Å²) < 4.78 is 11.7. The normalized spacial score (nSPS) is 18.3. The molecule has 184 valence electrons. The van der Waals surface area contributed by atoms with E-state index in [9.17, 15) is 9.59 Å². The van der Waals surface area contributed by atoms with Crippen LogP contribution in [0.2, 0.25) is 0 Å². The molecule has 2 fully saturated rings. The maximum atomic E-state index is 13.1. The summed E-state index contributed by atoms with van der Waals surface area (Å²) in [5, 5.41) is 0. The number of thiocarbonyl (C=S) groups is 1. The van der Waals surface area contributed by atoms with Crippen molar-refractivity contribution in [2.24, 2.45) is 0 Å². The number of benzene rings is 2. The van der Waals surface area contributed by atoms with Gasteiger partial charge < -0.3 is 9.47 Å². The van der Waals surface area contributed by atoms with Gasteiger partial charge in [0.25, 0.3) is 5.91 Å². The molecule has 1 heterocycles. The Morgan fingerprint density at radius 3 is 2.37 bits per heavy atom. The molecular weight excluding hydrogens is 478 g/mol. The van der Waals surface area contributed by atoms with Crippen molar-refractivity contribution in [1.82, 2.24) is 4.90 Å². The molecule has 0 radical (unpaired) electrons. The van der Waals surface area contributed by atoms with Crippen LogP contribution in [0.1, 0.15) is 74.4 Å². The molecule has 2 aliphatic rings. The van der Waals surface area contributed by atoms with Gasteiger partial charge in [0, 0.05) is 6.04 Å². The second-order valence-electron chi connectivity index (χ2n) is 9.97. The maximum Gasteiger partial charge on any atom is 0.343 e. The van der Waals surface area contributed by atoms with Crippen LogP contribution >= 0.6 is 24.0 Å². The minimum Gasteiger partial charge on any atom is -0.493 e. The van der Waals surface area contributed by atoms with Gasteiger partial charge in [-0.3, -0.25) is 9.69 Å². The number of carbonyl (C=O) groups excluding carboxylic acids is 2. The summed E-state index contributed by atoms with van der Waals surface area (Å²) in [6.45, 7) is 6.38. The van der Waals surface area contributed by atoms with E-state index < -0.39 is 5.97 Å². The zero-order chi connectivity index (χ0) is 25.2. The van der Waals surface area contributed by atoms with E-state index in [1.165, 1.54) is 25.3 Å². The first-order valence-electron chi connectivity index (χ1n) is 11.9. The zero-order valence-corrected chi connectivity index (χ0v) is 22.3. The van der Waals surface area contributed by atoms with Crippen molar-refractivity contribution in [3.05, 3.63) is 64.1 Å². The smallest absolute Gasteiger partial charge is 0.343 e. The van der Waals surface area contributed by atoms with Crippen LogP contribution in [0.25, 0.3) is 6.08 Å². The predicted molar refractivity (Wildman–Crippen MR) is 145 cm³/mol. The minimum absolute atomic E-state index is 0.00611. The SMILES string of the molecule is COc1cc(C=C2SC(=S)N(C3CCCCC3)C2=O)ccc1OC(=O)c1ccc(C(C)(C)C)cc1. The topological polar surface area (TPSA) is 55.8 Å². The number of hydrogen-bond donors (Lipinski definition) is 0. The third-order valence-electron chi connectivity index (χ3n) is 6.44. The molecule has 4 rings (SSSR count). The van der Waals surface area contributed by atoms with E-state index in [-0.39, 0.29) is 17.4 Å². The summed E-state index contributed by atoms with van der Waals surface area (Å²) in [4.78, 5) is 28.2. The van der Waals surface area contributed by atoms with Crippen molar-refractivity contribution >= 4 is 46.3 Å². The molecule has 0 bridgehead atoms. The molecule has 1 amide bonds. The Balaban J connectivity index is 1.49. The average molecular weight is 510 g/mol. The Hall–Kier alpha value is -2.64. The molecule has 0 spiro atoms. The highest BCUT2D eigenvalue weighted by molar-refractivity contribution is 8.26. The van der Waals surface area contributed by atoms with Gasteiger partial charge in [-0.2, -0.15) is 0 Å².